The number of aliphatic hydroxyl groups is 1. The van der Waals surface area contributed by atoms with Gasteiger partial charge in [-0.3, -0.25) is 14.6 Å². The number of carbonyl (C=O) groups is 2. The van der Waals surface area contributed by atoms with Gasteiger partial charge in [0.2, 0.25) is 0 Å². The van der Waals surface area contributed by atoms with Gasteiger partial charge >= 0.3 is 0 Å². The number of pyridine rings is 1. The first-order chi connectivity index (χ1) is 17.0. The summed E-state index contributed by atoms with van der Waals surface area (Å²) in [5.41, 5.74) is 1.91. The van der Waals surface area contributed by atoms with Gasteiger partial charge in [-0.15, -0.1) is 0 Å². The topological polar surface area (TPSA) is 89.0 Å². The molecule has 1 fully saturated rings. The third-order valence-electron chi connectivity index (χ3n) is 5.92. The number of benzene rings is 2. The van der Waals surface area contributed by atoms with Crippen LogP contribution in [0.4, 0.5) is 0 Å². The molecule has 1 N–H and O–H groups in total. The van der Waals surface area contributed by atoms with E-state index in [-0.39, 0.29) is 17.9 Å². The van der Waals surface area contributed by atoms with Crippen molar-refractivity contribution in [3.63, 3.8) is 0 Å². The first kappa shape index (κ1) is 24.0. The van der Waals surface area contributed by atoms with Crippen LogP contribution in [-0.4, -0.2) is 40.4 Å². The molecule has 4 rings (SSSR count). The average Bonchev–Trinajstić information content (AvgIpc) is 3.14. The lowest BCUT2D eigenvalue weighted by molar-refractivity contribution is -0.140. The number of ketones is 1. The van der Waals surface area contributed by atoms with Crippen molar-refractivity contribution < 1.29 is 24.2 Å². The molecule has 0 radical (unpaired) electrons. The van der Waals surface area contributed by atoms with Crippen molar-refractivity contribution in [3.05, 3.63) is 95.3 Å². The Kier molecular flexibility index (Phi) is 7.45. The number of Topliss-reactive ketones (excluding diaryl/α,β-unsaturated/α-hetero) is 1. The first-order valence-corrected chi connectivity index (χ1v) is 11.6. The maximum atomic E-state index is 13.2. The predicted molar refractivity (Wildman–Crippen MR) is 132 cm³/mol. The van der Waals surface area contributed by atoms with Crippen molar-refractivity contribution >= 4 is 17.4 Å². The maximum Gasteiger partial charge on any atom is 0.295 e. The van der Waals surface area contributed by atoms with Gasteiger partial charge < -0.3 is 19.5 Å². The lowest BCUT2D eigenvalue weighted by atomic mass is 9.95. The molecule has 3 aromatic rings. The number of aliphatic hydroxyl groups excluding tert-OH is 1. The van der Waals surface area contributed by atoms with Gasteiger partial charge in [0.05, 0.1) is 25.3 Å². The van der Waals surface area contributed by atoms with Crippen molar-refractivity contribution in [3.8, 4) is 11.5 Å². The molecule has 0 aliphatic carbocycles. The van der Waals surface area contributed by atoms with Gasteiger partial charge in [0.15, 0.2) is 0 Å². The Bertz CT molecular complexity index is 1220. The zero-order chi connectivity index (χ0) is 24.8. The van der Waals surface area contributed by atoms with Crippen molar-refractivity contribution in [1.82, 2.24) is 9.88 Å². The minimum atomic E-state index is -0.785. The summed E-state index contributed by atoms with van der Waals surface area (Å²) in [6, 6.07) is 16.9. The number of unbranched alkanes of at least 4 members (excludes halogenated alkanes) is 1. The summed E-state index contributed by atoms with van der Waals surface area (Å²) in [6.45, 7) is 2.83. The first-order valence-electron chi connectivity index (χ1n) is 11.6. The van der Waals surface area contributed by atoms with E-state index in [1.807, 2.05) is 30.3 Å². The molecule has 2 aromatic carbocycles. The quantitative estimate of drug-likeness (QED) is 0.206. The Hall–Kier alpha value is -4.13. The second-order valence-electron chi connectivity index (χ2n) is 8.29. The molecule has 1 unspecified atom stereocenters. The van der Waals surface area contributed by atoms with Gasteiger partial charge in [0, 0.05) is 24.5 Å². The smallest absolute Gasteiger partial charge is 0.295 e. The zero-order valence-electron chi connectivity index (χ0n) is 19.8. The summed E-state index contributed by atoms with van der Waals surface area (Å²) >= 11 is 0. The number of ether oxygens (including phenoxy) is 2. The van der Waals surface area contributed by atoms with E-state index in [9.17, 15) is 14.7 Å². The van der Waals surface area contributed by atoms with Gasteiger partial charge in [-0.1, -0.05) is 31.5 Å². The van der Waals surface area contributed by atoms with Crippen LogP contribution in [0.3, 0.4) is 0 Å². The molecule has 0 spiro atoms. The molecule has 1 saturated heterocycles. The van der Waals surface area contributed by atoms with E-state index in [0.717, 1.165) is 18.4 Å². The molecular weight excluding hydrogens is 444 g/mol. The largest absolute Gasteiger partial charge is 0.507 e. The van der Waals surface area contributed by atoms with Gasteiger partial charge in [0.1, 0.15) is 17.3 Å². The van der Waals surface area contributed by atoms with Crippen molar-refractivity contribution in [2.24, 2.45) is 0 Å². The van der Waals surface area contributed by atoms with E-state index in [2.05, 4.69) is 11.9 Å². The molecule has 0 bridgehead atoms. The second kappa shape index (κ2) is 10.9. The molecule has 7 nitrogen and oxygen atoms in total. The van der Waals surface area contributed by atoms with Gasteiger partial charge in [-0.25, -0.2) is 0 Å². The summed E-state index contributed by atoms with van der Waals surface area (Å²) in [7, 11) is 1.55. The summed E-state index contributed by atoms with van der Waals surface area (Å²) in [5.74, 6) is -0.378. The van der Waals surface area contributed by atoms with Crippen molar-refractivity contribution in [2.75, 3.05) is 13.7 Å². The van der Waals surface area contributed by atoms with Crippen LogP contribution in [-0.2, 0) is 16.1 Å². The van der Waals surface area contributed by atoms with Crippen LogP contribution in [0.2, 0.25) is 0 Å². The summed E-state index contributed by atoms with van der Waals surface area (Å²) < 4.78 is 11.1. The van der Waals surface area contributed by atoms with Crippen LogP contribution in [0.25, 0.3) is 5.76 Å². The van der Waals surface area contributed by atoms with E-state index in [0.29, 0.717) is 29.2 Å². The SMILES string of the molecule is CCCCOc1cccc(C2C(=C(O)c3ccc(OC)cc3)C(=O)C(=O)N2Cc2cccnc2)c1. The third-order valence-corrected chi connectivity index (χ3v) is 5.92. The van der Waals surface area contributed by atoms with E-state index in [4.69, 9.17) is 9.47 Å². The zero-order valence-corrected chi connectivity index (χ0v) is 19.8. The van der Waals surface area contributed by atoms with Gasteiger partial charge in [-0.2, -0.15) is 0 Å². The van der Waals surface area contributed by atoms with Crippen LogP contribution >= 0.6 is 0 Å². The van der Waals surface area contributed by atoms with Crippen LogP contribution in [0, 0.1) is 0 Å². The number of hydrogen-bond acceptors (Lipinski definition) is 6. The number of aromatic nitrogens is 1. The standard InChI is InChI=1S/C28H28N2O5/c1-3-4-15-35-23-9-5-8-21(16-23)25-24(26(31)20-10-12-22(34-2)13-11-20)27(32)28(33)30(25)18-19-7-6-14-29-17-19/h5-14,16-17,25,31H,3-4,15,18H2,1-2H3. The Morgan fingerprint density at radius 3 is 2.54 bits per heavy atom. The van der Waals surface area contributed by atoms with E-state index >= 15 is 0 Å². The molecule has 1 aliphatic heterocycles. The predicted octanol–water partition coefficient (Wildman–Crippen LogP) is 4.89. The van der Waals surface area contributed by atoms with Crippen molar-refractivity contribution in [1.29, 1.82) is 0 Å². The fourth-order valence-corrected chi connectivity index (χ4v) is 4.09. The molecule has 7 heteroatoms. The molecule has 35 heavy (non-hydrogen) atoms. The molecule has 1 atom stereocenters. The molecule has 180 valence electrons. The Labute approximate surface area is 204 Å². The number of methoxy groups -OCH3 is 1. The number of hydrogen-bond donors (Lipinski definition) is 1. The van der Waals surface area contributed by atoms with E-state index in [1.165, 1.54) is 4.90 Å². The number of amides is 1. The minimum absolute atomic E-state index is 0.0368. The highest BCUT2D eigenvalue weighted by molar-refractivity contribution is 6.46. The fourth-order valence-electron chi connectivity index (χ4n) is 4.09. The molecule has 1 aromatic heterocycles. The molecule has 1 amide bonds. The fraction of sp³-hybridized carbons (Fsp3) is 0.250. The summed E-state index contributed by atoms with van der Waals surface area (Å²) in [5, 5.41) is 11.2. The molecular formula is C28H28N2O5. The van der Waals surface area contributed by atoms with Crippen LogP contribution in [0.15, 0.2) is 78.6 Å². The lowest BCUT2D eigenvalue weighted by Crippen LogP contribution is -2.29. The van der Waals surface area contributed by atoms with Crippen LogP contribution < -0.4 is 9.47 Å². The molecule has 2 heterocycles. The number of nitrogens with zero attached hydrogens (tertiary/aromatic N) is 2. The highest BCUT2D eigenvalue weighted by Crippen LogP contribution is 2.41. The van der Waals surface area contributed by atoms with E-state index < -0.39 is 17.7 Å². The summed E-state index contributed by atoms with van der Waals surface area (Å²) in [4.78, 5) is 32.0. The van der Waals surface area contributed by atoms with E-state index in [1.54, 1.807) is 49.8 Å². The molecule has 1 aliphatic rings. The average molecular weight is 473 g/mol. The molecule has 0 saturated carbocycles. The number of carbonyl (C=O) groups excluding carboxylic acids is 2. The third kappa shape index (κ3) is 5.19. The van der Waals surface area contributed by atoms with Crippen molar-refractivity contribution in [2.45, 2.75) is 32.4 Å². The monoisotopic (exact) mass is 472 g/mol. The highest BCUT2D eigenvalue weighted by Gasteiger charge is 2.46. The normalized spacial score (nSPS) is 17.0. The lowest BCUT2D eigenvalue weighted by Gasteiger charge is -2.25. The van der Waals surface area contributed by atoms with Crippen LogP contribution in [0.5, 0.6) is 11.5 Å². The Morgan fingerprint density at radius 2 is 1.86 bits per heavy atom. The summed E-state index contributed by atoms with van der Waals surface area (Å²) in [6.07, 6.45) is 5.23. The highest BCUT2D eigenvalue weighted by atomic mass is 16.5. The minimum Gasteiger partial charge on any atom is -0.507 e. The number of rotatable bonds is 9. The maximum absolute atomic E-state index is 13.2. The van der Waals surface area contributed by atoms with Crippen LogP contribution in [0.1, 0.15) is 42.5 Å². The van der Waals surface area contributed by atoms with Gasteiger partial charge in [-0.05, 0) is 60.0 Å². The number of likely N-dealkylation sites (tertiary alicyclic amines) is 1. The van der Waals surface area contributed by atoms with Gasteiger partial charge in [0.25, 0.3) is 11.7 Å². The Morgan fingerprint density at radius 1 is 1.06 bits per heavy atom. The second-order valence-corrected chi connectivity index (χ2v) is 8.29. The Balaban J connectivity index is 1.80.